The van der Waals surface area contributed by atoms with E-state index >= 15 is 0 Å². The SMILES string of the molecule is O[C@H]1CC2=CC=CCC2C1. The number of aliphatic hydroxyl groups excluding tert-OH is 1. The van der Waals surface area contributed by atoms with Gasteiger partial charge < -0.3 is 5.11 Å². The van der Waals surface area contributed by atoms with E-state index in [1.54, 1.807) is 0 Å². The summed E-state index contributed by atoms with van der Waals surface area (Å²) < 4.78 is 0. The van der Waals surface area contributed by atoms with Crippen LogP contribution in [0, 0.1) is 5.92 Å². The Kier molecular flexibility index (Phi) is 1.38. The Morgan fingerprint density at radius 1 is 1.50 bits per heavy atom. The first-order chi connectivity index (χ1) is 4.86. The van der Waals surface area contributed by atoms with Gasteiger partial charge in [0.1, 0.15) is 0 Å². The van der Waals surface area contributed by atoms with Crippen LogP contribution in [0.15, 0.2) is 23.8 Å². The van der Waals surface area contributed by atoms with Crippen LogP contribution >= 0.6 is 0 Å². The fourth-order valence-electron chi connectivity index (χ4n) is 1.89. The van der Waals surface area contributed by atoms with Crippen molar-refractivity contribution in [2.45, 2.75) is 25.4 Å². The van der Waals surface area contributed by atoms with Gasteiger partial charge in [-0.2, -0.15) is 0 Å². The molecule has 1 saturated carbocycles. The van der Waals surface area contributed by atoms with Crippen LogP contribution in [0.25, 0.3) is 0 Å². The summed E-state index contributed by atoms with van der Waals surface area (Å²) >= 11 is 0. The molecule has 1 heteroatoms. The minimum absolute atomic E-state index is 0.0591. The van der Waals surface area contributed by atoms with Crippen molar-refractivity contribution in [1.82, 2.24) is 0 Å². The lowest BCUT2D eigenvalue weighted by Crippen LogP contribution is -2.00. The van der Waals surface area contributed by atoms with E-state index in [1.165, 1.54) is 5.57 Å². The monoisotopic (exact) mass is 136 g/mol. The number of rotatable bonds is 0. The molecule has 0 radical (unpaired) electrons. The molecule has 0 aliphatic heterocycles. The first-order valence-electron chi connectivity index (χ1n) is 3.90. The third kappa shape index (κ3) is 0.907. The van der Waals surface area contributed by atoms with Gasteiger partial charge in [0.2, 0.25) is 0 Å². The zero-order valence-corrected chi connectivity index (χ0v) is 5.96. The number of allylic oxidation sites excluding steroid dienone is 3. The van der Waals surface area contributed by atoms with Crippen molar-refractivity contribution in [3.63, 3.8) is 0 Å². The lowest BCUT2D eigenvalue weighted by atomic mass is 9.95. The van der Waals surface area contributed by atoms with Crippen LogP contribution in [-0.2, 0) is 0 Å². The molecule has 0 aromatic carbocycles. The molecule has 1 nitrogen and oxygen atoms in total. The smallest absolute Gasteiger partial charge is 0.0583 e. The van der Waals surface area contributed by atoms with Crippen molar-refractivity contribution in [2.24, 2.45) is 5.92 Å². The fraction of sp³-hybridized carbons (Fsp3) is 0.556. The van der Waals surface area contributed by atoms with E-state index in [4.69, 9.17) is 0 Å². The molecule has 2 aliphatic rings. The van der Waals surface area contributed by atoms with Crippen LogP contribution in [0.4, 0.5) is 0 Å². The van der Waals surface area contributed by atoms with Gasteiger partial charge in [0, 0.05) is 0 Å². The zero-order chi connectivity index (χ0) is 6.97. The minimum atomic E-state index is -0.0591. The summed E-state index contributed by atoms with van der Waals surface area (Å²) in [6, 6.07) is 0. The van der Waals surface area contributed by atoms with Gasteiger partial charge in [0.15, 0.2) is 0 Å². The van der Waals surface area contributed by atoms with E-state index in [9.17, 15) is 5.11 Å². The Labute approximate surface area is 61.1 Å². The molecule has 0 amide bonds. The Hall–Kier alpha value is -0.560. The zero-order valence-electron chi connectivity index (χ0n) is 5.96. The largest absolute Gasteiger partial charge is 0.393 e. The maximum atomic E-state index is 9.29. The number of hydrogen-bond acceptors (Lipinski definition) is 1. The highest BCUT2D eigenvalue weighted by Gasteiger charge is 2.27. The summed E-state index contributed by atoms with van der Waals surface area (Å²) in [5.74, 6) is 0.667. The van der Waals surface area contributed by atoms with Crippen LogP contribution in [-0.4, -0.2) is 11.2 Å². The molecular weight excluding hydrogens is 124 g/mol. The second kappa shape index (κ2) is 2.24. The third-order valence-corrected chi connectivity index (χ3v) is 2.42. The molecule has 0 heterocycles. The Balaban J connectivity index is 2.18. The maximum absolute atomic E-state index is 9.29. The molecule has 1 N–H and O–H groups in total. The molecule has 0 aromatic heterocycles. The van der Waals surface area contributed by atoms with E-state index in [1.807, 2.05) is 0 Å². The summed E-state index contributed by atoms with van der Waals surface area (Å²) in [7, 11) is 0. The van der Waals surface area contributed by atoms with Crippen molar-refractivity contribution < 1.29 is 5.11 Å². The molecule has 10 heavy (non-hydrogen) atoms. The van der Waals surface area contributed by atoms with Gasteiger partial charge in [-0.25, -0.2) is 0 Å². The maximum Gasteiger partial charge on any atom is 0.0583 e. The summed E-state index contributed by atoms with van der Waals surface area (Å²) in [6.07, 6.45) is 9.42. The lowest BCUT2D eigenvalue weighted by Gasteiger charge is -2.10. The Morgan fingerprint density at radius 2 is 2.40 bits per heavy atom. The summed E-state index contributed by atoms with van der Waals surface area (Å²) in [5.41, 5.74) is 1.45. The van der Waals surface area contributed by atoms with E-state index in [0.717, 1.165) is 19.3 Å². The van der Waals surface area contributed by atoms with Crippen molar-refractivity contribution in [2.75, 3.05) is 0 Å². The molecule has 0 aromatic rings. The third-order valence-electron chi connectivity index (χ3n) is 2.42. The van der Waals surface area contributed by atoms with Crippen molar-refractivity contribution in [1.29, 1.82) is 0 Å². The first-order valence-corrected chi connectivity index (χ1v) is 3.90. The molecule has 1 unspecified atom stereocenters. The average Bonchev–Trinajstić information content (AvgIpc) is 2.27. The highest BCUT2D eigenvalue weighted by atomic mass is 16.3. The van der Waals surface area contributed by atoms with Crippen LogP contribution < -0.4 is 0 Å². The van der Waals surface area contributed by atoms with Crippen LogP contribution in [0.5, 0.6) is 0 Å². The van der Waals surface area contributed by atoms with E-state index < -0.39 is 0 Å². The van der Waals surface area contributed by atoms with Gasteiger partial charge in [-0.15, -0.1) is 0 Å². The molecule has 1 fully saturated rings. The fourth-order valence-corrected chi connectivity index (χ4v) is 1.89. The standard InChI is InChI=1S/C9H12O/c10-9-5-7-3-1-2-4-8(7)6-9/h1-3,8-10H,4-6H2/t8?,9-/m0/s1. The Morgan fingerprint density at radius 3 is 3.20 bits per heavy atom. The average molecular weight is 136 g/mol. The van der Waals surface area contributed by atoms with Crippen LogP contribution in [0.3, 0.4) is 0 Å². The van der Waals surface area contributed by atoms with E-state index in [2.05, 4.69) is 18.2 Å². The van der Waals surface area contributed by atoms with Gasteiger partial charge in [-0.3, -0.25) is 0 Å². The topological polar surface area (TPSA) is 20.2 Å². The first kappa shape index (κ1) is 6.17. The predicted molar refractivity (Wildman–Crippen MR) is 40.6 cm³/mol. The quantitative estimate of drug-likeness (QED) is 0.536. The molecule has 0 saturated heterocycles. The van der Waals surface area contributed by atoms with Crippen molar-refractivity contribution in [3.05, 3.63) is 23.8 Å². The van der Waals surface area contributed by atoms with Crippen LogP contribution in [0.2, 0.25) is 0 Å². The van der Waals surface area contributed by atoms with Gasteiger partial charge in [-0.05, 0) is 25.2 Å². The van der Waals surface area contributed by atoms with E-state index in [-0.39, 0.29) is 6.10 Å². The molecule has 0 spiro atoms. The molecule has 2 aliphatic carbocycles. The second-order valence-corrected chi connectivity index (χ2v) is 3.20. The molecule has 2 rings (SSSR count). The van der Waals surface area contributed by atoms with E-state index in [0.29, 0.717) is 5.92 Å². The van der Waals surface area contributed by atoms with Crippen LogP contribution in [0.1, 0.15) is 19.3 Å². The van der Waals surface area contributed by atoms with Gasteiger partial charge in [-0.1, -0.05) is 23.8 Å². The highest BCUT2D eigenvalue weighted by Crippen LogP contribution is 2.35. The highest BCUT2D eigenvalue weighted by molar-refractivity contribution is 5.24. The van der Waals surface area contributed by atoms with Gasteiger partial charge >= 0.3 is 0 Å². The normalized spacial score (nSPS) is 37.5. The predicted octanol–water partition coefficient (Wildman–Crippen LogP) is 1.64. The molecule has 54 valence electrons. The lowest BCUT2D eigenvalue weighted by molar-refractivity contribution is 0.179. The molecule has 2 atom stereocenters. The molecule has 0 bridgehead atoms. The minimum Gasteiger partial charge on any atom is -0.393 e. The summed E-state index contributed by atoms with van der Waals surface area (Å²) in [4.78, 5) is 0. The van der Waals surface area contributed by atoms with Gasteiger partial charge in [0.05, 0.1) is 6.10 Å². The number of hydrogen-bond donors (Lipinski definition) is 1. The summed E-state index contributed by atoms with van der Waals surface area (Å²) in [5, 5.41) is 9.29. The summed E-state index contributed by atoms with van der Waals surface area (Å²) in [6.45, 7) is 0. The second-order valence-electron chi connectivity index (χ2n) is 3.20. The van der Waals surface area contributed by atoms with Gasteiger partial charge in [0.25, 0.3) is 0 Å². The van der Waals surface area contributed by atoms with Crippen molar-refractivity contribution in [3.8, 4) is 0 Å². The number of aliphatic hydroxyl groups is 1. The molecular formula is C9H12O. The van der Waals surface area contributed by atoms with Crippen molar-refractivity contribution >= 4 is 0 Å². The number of fused-ring (bicyclic) bond motifs is 1. The Bertz CT molecular complexity index is 191.